The van der Waals surface area contributed by atoms with Gasteiger partial charge in [-0.15, -0.1) is 0 Å². The Kier molecular flexibility index (Phi) is 4.94. The lowest BCUT2D eigenvalue weighted by Gasteiger charge is -2.00. The number of benzene rings is 2. The molecule has 2 aromatic carbocycles. The minimum Gasteiger partial charge on any atom is -0.508 e. The molecule has 21 heavy (non-hydrogen) atoms. The summed E-state index contributed by atoms with van der Waals surface area (Å²) in [4.78, 5) is 11.8. The van der Waals surface area contributed by atoms with Gasteiger partial charge in [-0.3, -0.25) is 0 Å². The van der Waals surface area contributed by atoms with Gasteiger partial charge in [0.15, 0.2) is 0 Å². The molecule has 0 aromatic heterocycles. The Labute approximate surface area is 123 Å². The molecule has 0 bridgehead atoms. The molecule has 0 saturated carbocycles. The fourth-order valence-electron chi connectivity index (χ4n) is 1.71. The highest BCUT2D eigenvalue weighted by Gasteiger charge is 2.04. The van der Waals surface area contributed by atoms with Crippen molar-refractivity contribution in [1.29, 1.82) is 0 Å². The maximum atomic E-state index is 11.8. The van der Waals surface area contributed by atoms with Crippen molar-refractivity contribution in [3.63, 3.8) is 0 Å². The molecule has 0 atom stereocenters. The van der Waals surface area contributed by atoms with E-state index in [0.29, 0.717) is 5.57 Å². The second-order valence-electron chi connectivity index (χ2n) is 4.54. The van der Waals surface area contributed by atoms with Crippen molar-refractivity contribution in [3.05, 3.63) is 77.6 Å². The van der Waals surface area contributed by atoms with Crippen molar-refractivity contribution in [2.75, 3.05) is 0 Å². The van der Waals surface area contributed by atoms with Gasteiger partial charge in [0.2, 0.25) is 0 Å². The van der Waals surface area contributed by atoms with Crippen LogP contribution in [0.3, 0.4) is 0 Å². The molecule has 0 amide bonds. The van der Waals surface area contributed by atoms with Crippen LogP contribution in [-0.4, -0.2) is 11.1 Å². The van der Waals surface area contributed by atoms with Crippen LogP contribution in [0, 0.1) is 0 Å². The quantitative estimate of drug-likeness (QED) is 0.523. The van der Waals surface area contributed by atoms with E-state index in [1.165, 1.54) is 6.26 Å². The molecule has 3 heteroatoms. The lowest BCUT2D eigenvalue weighted by molar-refractivity contribution is -0.133. The fourth-order valence-corrected chi connectivity index (χ4v) is 1.71. The molecular formula is C18H16O3. The molecule has 0 aliphatic carbocycles. The third-order valence-corrected chi connectivity index (χ3v) is 2.83. The molecule has 2 aromatic rings. The van der Waals surface area contributed by atoms with Crippen molar-refractivity contribution < 1.29 is 14.6 Å². The largest absolute Gasteiger partial charge is 0.508 e. The summed E-state index contributed by atoms with van der Waals surface area (Å²) in [6.45, 7) is 1.69. The Morgan fingerprint density at radius 1 is 1.00 bits per heavy atom. The van der Waals surface area contributed by atoms with E-state index in [4.69, 9.17) is 4.74 Å². The van der Waals surface area contributed by atoms with Crippen molar-refractivity contribution in [3.8, 4) is 5.75 Å². The van der Waals surface area contributed by atoms with Gasteiger partial charge >= 0.3 is 5.97 Å². The fraction of sp³-hybridized carbons (Fsp3) is 0.0556. The second-order valence-corrected chi connectivity index (χ2v) is 4.54. The molecule has 2 rings (SSSR count). The lowest BCUT2D eigenvalue weighted by atomic mass is 10.1. The van der Waals surface area contributed by atoms with E-state index in [0.717, 1.165) is 11.1 Å². The van der Waals surface area contributed by atoms with Gasteiger partial charge in [0.25, 0.3) is 0 Å². The molecule has 0 aliphatic rings. The molecule has 0 aliphatic heterocycles. The maximum absolute atomic E-state index is 11.8. The number of phenols is 1. The zero-order chi connectivity index (χ0) is 15.1. The van der Waals surface area contributed by atoms with Crippen LogP contribution in [0.4, 0.5) is 0 Å². The van der Waals surface area contributed by atoms with E-state index < -0.39 is 5.97 Å². The van der Waals surface area contributed by atoms with Gasteiger partial charge in [0.1, 0.15) is 5.75 Å². The number of carbonyl (C=O) groups excluding carboxylic acids is 1. The van der Waals surface area contributed by atoms with Crippen LogP contribution in [0.15, 0.2) is 66.4 Å². The SMILES string of the molecule is CC(=Cc1ccc(O)cc1)C(=O)OC=Cc1ccccc1. The van der Waals surface area contributed by atoms with Gasteiger partial charge in [0, 0.05) is 5.57 Å². The highest BCUT2D eigenvalue weighted by atomic mass is 16.5. The van der Waals surface area contributed by atoms with Crippen molar-refractivity contribution in [1.82, 2.24) is 0 Å². The van der Waals surface area contributed by atoms with Crippen LogP contribution in [0.2, 0.25) is 0 Å². The van der Waals surface area contributed by atoms with Crippen molar-refractivity contribution in [2.24, 2.45) is 0 Å². The Morgan fingerprint density at radius 2 is 1.67 bits per heavy atom. The smallest absolute Gasteiger partial charge is 0.338 e. The molecule has 1 N–H and O–H groups in total. The first-order valence-corrected chi connectivity index (χ1v) is 6.55. The number of esters is 1. The van der Waals surface area contributed by atoms with Gasteiger partial charge < -0.3 is 9.84 Å². The topological polar surface area (TPSA) is 46.5 Å². The Hall–Kier alpha value is -2.81. The average molecular weight is 280 g/mol. The van der Waals surface area contributed by atoms with Crippen LogP contribution in [-0.2, 0) is 9.53 Å². The number of ether oxygens (including phenoxy) is 1. The summed E-state index contributed by atoms with van der Waals surface area (Å²) in [5.41, 5.74) is 2.28. The van der Waals surface area contributed by atoms with E-state index in [1.807, 2.05) is 30.3 Å². The Bertz CT molecular complexity index is 653. The van der Waals surface area contributed by atoms with E-state index >= 15 is 0 Å². The molecule has 0 unspecified atom stereocenters. The first-order chi connectivity index (χ1) is 10.1. The Balaban J connectivity index is 1.96. The summed E-state index contributed by atoms with van der Waals surface area (Å²) in [7, 11) is 0. The molecule has 0 spiro atoms. The summed E-state index contributed by atoms with van der Waals surface area (Å²) in [6.07, 6.45) is 4.82. The minimum atomic E-state index is -0.407. The normalized spacial score (nSPS) is 11.6. The molecule has 0 fully saturated rings. The number of phenolic OH excluding ortho intramolecular Hbond substituents is 1. The highest BCUT2D eigenvalue weighted by molar-refractivity contribution is 5.93. The monoisotopic (exact) mass is 280 g/mol. The predicted molar refractivity (Wildman–Crippen MR) is 83.3 cm³/mol. The van der Waals surface area contributed by atoms with Crippen molar-refractivity contribution >= 4 is 18.1 Å². The van der Waals surface area contributed by atoms with Crippen molar-refractivity contribution in [2.45, 2.75) is 6.92 Å². The van der Waals surface area contributed by atoms with Crippen LogP contribution in [0.1, 0.15) is 18.1 Å². The molecule has 0 heterocycles. The van der Waals surface area contributed by atoms with Gasteiger partial charge in [-0.25, -0.2) is 4.79 Å². The third kappa shape index (κ3) is 4.66. The van der Waals surface area contributed by atoms with E-state index in [2.05, 4.69) is 0 Å². The molecule has 106 valence electrons. The molecule has 0 radical (unpaired) electrons. The summed E-state index contributed by atoms with van der Waals surface area (Å²) >= 11 is 0. The zero-order valence-corrected chi connectivity index (χ0v) is 11.7. The molecule has 3 nitrogen and oxygen atoms in total. The number of hydrogen-bond acceptors (Lipinski definition) is 3. The lowest BCUT2D eigenvalue weighted by Crippen LogP contribution is -2.00. The van der Waals surface area contributed by atoms with E-state index in [9.17, 15) is 9.90 Å². The number of rotatable bonds is 4. The second kappa shape index (κ2) is 7.10. The maximum Gasteiger partial charge on any atom is 0.338 e. The summed E-state index contributed by atoms with van der Waals surface area (Å²) in [6, 6.07) is 16.2. The summed E-state index contributed by atoms with van der Waals surface area (Å²) < 4.78 is 5.07. The highest BCUT2D eigenvalue weighted by Crippen LogP contribution is 2.13. The van der Waals surface area contributed by atoms with Gasteiger partial charge in [-0.2, -0.15) is 0 Å². The van der Waals surface area contributed by atoms with Gasteiger partial charge in [-0.1, -0.05) is 42.5 Å². The van der Waals surface area contributed by atoms with E-state index in [-0.39, 0.29) is 5.75 Å². The third-order valence-electron chi connectivity index (χ3n) is 2.83. The first-order valence-electron chi connectivity index (χ1n) is 6.55. The van der Waals surface area contributed by atoms with Crippen LogP contribution in [0.25, 0.3) is 12.2 Å². The Morgan fingerprint density at radius 3 is 2.33 bits per heavy atom. The van der Waals surface area contributed by atoms with Gasteiger partial charge in [0.05, 0.1) is 6.26 Å². The van der Waals surface area contributed by atoms with Crippen LogP contribution >= 0.6 is 0 Å². The van der Waals surface area contributed by atoms with Crippen LogP contribution in [0.5, 0.6) is 5.75 Å². The molecular weight excluding hydrogens is 264 g/mol. The molecule has 0 saturated heterocycles. The zero-order valence-electron chi connectivity index (χ0n) is 11.7. The van der Waals surface area contributed by atoms with Gasteiger partial charge in [-0.05, 0) is 42.3 Å². The predicted octanol–water partition coefficient (Wildman–Crippen LogP) is 4.01. The number of aromatic hydroxyl groups is 1. The number of carbonyl (C=O) groups is 1. The van der Waals surface area contributed by atoms with Crippen LogP contribution < -0.4 is 0 Å². The van der Waals surface area contributed by atoms with E-state index in [1.54, 1.807) is 43.3 Å². The standard InChI is InChI=1S/C18H16O3/c1-14(13-16-7-9-17(19)10-8-16)18(20)21-12-11-15-5-3-2-4-6-15/h2-13,19H,1H3. The summed E-state index contributed by atoms with van der Waals surface area (Å²) in [5.74, 6) is -0.214. The summed E-state index contributed by atoms with van der Waals surface area (Å²) in [5, 5.41) is 9.20. The first kappa shape index (κ1) is 14.6. The average Bonchev–Trinajstić information content (AvgIpc) is 2.50. The number of hydrogen-bond donors (Lipinski definition) is 1. The minimum absolute atomic E-state index is 0.193.